The third-order valence-corrected chi connectivity index (χ3v) is 4.97. The van der Waals surface area contributed by atoms with Crippen LogP contribution in [-0.4, -0.2) is 40.6 Å². The minimum Gasteiger partial charge on any atom is -0.361 e. The molecular weight excluding hydrogens is 278 g/mol. The molecule has 1 aromatic rings. The van der Waals surface area contributed by atoms with Crippen molar-refractivity contribution in [1.82, 2.24) is 15.4 Å². The monoisotopic (exact) mass is 309 g/mol. The van der Waals surface area contributed by atoms with E-state index in [4.69, 9.17) is 4.52 Å². The molecule has 1 unspecified atom stereocenters. The van der Waals surface area contributed by atoms with Gasteiger partial charge in [0.15, 0.2) is 5.69 Å². The van der Waals surface area contributed by atoms with Gasteiger partial charge in [-0.05, 0) is 40.8 Å². The van der Waals surface area contributed by atoms with Gasteiger partial charge in [0.1, 0.15) is 5.76 Å². The van der Waals surface area contributed by atoms with Gasteiger partial charge in [-0.15, -0.1) is 0 Å². The summed E-state index contributed by atoms with van der Waals surface area (Å²) in [5.74, 6) is 0.547. The highest BCUT2D eigenvalue weighted by Crippen LogP contribution is 2.32. The lowest BCUT2D eigenvalue weighted by Gasteiger charge is -2.50. The van der Waals surface area contributed by atoms with Crippen LogP contribution in [0.1, 0.15) is 70.6 Å². The van der Waals surface area contributed by atoms with Gasteiger partial charge in [-0.25, -0.2) is 0 Å². The number of aryl methyl sites for hydroxylation is 1. The first-order valence-electron chi connectivity index (χ1n) is 8.21. The highest BCUT2D eigenvalue weighted by molar-refractivity contribution is 5.92. The summed E-state index contributed by atoms with van der Waals surface area (Å²) in [5.41, 5.74) is -0.178. The number of rotatable bonds is 8. The number of carbonyl (C=O) groups is 1. The normalized spacial score (nSPS) is 14.9. The molecular formula is C17H31N3O2. The number of hydrogen-bond acceptors (Lipinski definition) is 4. The largest absolute Gasteiger partial charge is 0.361 e. The molecule has 0 aromatic carbocycles. The molecule has 22 heavy (non-hydrogen) atoms. The van der Waals surface area contributed by atoms with E-state index in [-0.39, 0.29) is 11.4 Å². The molecule has 0 aliphatic rings. The Balaban J connectivity index is 2.97. The van der Waals surface area contributed by atoms with Crippen LogP contribution in [0.4, 0.5) is 0 Å². The molecule has 0 saturated heterocycles. The molecule has 1 N–H and O–H groups in total. The van der Waals surface area contributed by atoms with Gasteiger partial charge in [-0.3, -0.25) is 9.69 Å². The SMILES string of the molecule is CCCC(C)(N(C)CC)C(C)(C)NC(=O)c1cc(CC)on1. The molecule has 0 fully saturated rings. The van der Waals surface area contributed by atoms with Gasteiger partial charge in [-0.1, -0.05) is 32.3 Å². The third-order valence-electron chi connectivity index (χ3n) is 4.97. The number of nitrogens with zero attached hydrogens (tertiary/aromatic N) is 2. The maximum absolute atomic E-state index is 12.5. The second-order valence-corrected chi connectivity index (χ2v) is 6.65. The van der Waals surface area contributed by atoms with Crippen molar-refractivity contribution < 1.29 is 9.32 Å². The number of aromatic nitrogens is 1. The minimum absolute atomic E-state index is 0.135. The molecule has 5 nitrogen and oxygen atoms in total. The third kappa shape index (κ3) is 3.69. The van der Waals surface area contributed by atoms with Crippen molar-refractivity contribution in [3.8, 4) is 0 Å². The number of nitrogens with one attached hydrogen (secondary N) is 1. The van der Waals surface area contributed by atoms with E-state index in [1.807, 2.05) is 6.92 Å². The first-order chi connectivity index (χ1) is 10.2. The lowest BCUT2D eigenvalue weighted by atomic mass is 9.76. The molecule has 126 valence electrons. The summed E-state index contributed by atoms with van der Waals surface area (Å²) in [6, 6.07) is 1.71. The van der Waals surface area contributed by atoms with Crippen molar-refractivity contribution >= 4 is 5.91 Å². The Morgan fingerprint density at radius 1 is 1.32 bits per heavy atom. The van der Waals surface area contributed by atoms with E-state index in [0.29, 0.717) is 5.69 Å². The van der Waals surface area contributed by atoms with Crippen LogP contribution in [0.15, 0.2) is 10.6 Å². The summed E-state index contributed by atoms with van der Waals surface area (Å²) in [6.45, 7) is 13.6. The van der Waals surface area contributed by atoms with E-state index in [2.05, 4.69) is 57.0 Å². The molecule has 0 saturated carbocycles. The highest BCUT2D eigenvalue weighted by Gasteiger charge is 2.44. The Labute approximate surface area is 134 Å². The van der Waals surface area contributed by atoms with Gasteiger partial charge >= 0.3 is 0 Å². The molecule has 1 atom stereocenters. The van der Waals surface area contributed by atoms with Crippen molar-refractivity contribution in [3.05, 3.63) is 17.5 Å². The van der Waals surface area contributed by atoms with Gasteiger partial charge in [-0.2, -0.15) is 0 Å². The molecule has 0 spiro atoms. The summed E-state index contributed by atoms with van der Waals surface area (Å²) < 4.78 is 5.13. The van der Waals surface area contributed by atoms with Crippen molar-refractivity contribution in [2.75, 3.05) is 13.6 Å². The fourth-order valence-electron chi connectivity index (χ4n) is 2.89. The van der Waals surface area contributed by atoms with Crippen molar-refractivity contribution in [1.29, 1.82) is 0 Å². The topological polar surface area (TPSA) is 58.4 Å². The van der Waals surface area contributed by atoms with Crippen LogP contribution >= 0.6 is 0 Å². The maximum atomic E-state index is 12.5. The fraction of sp³-hybridized carbons (Fsp3) is 0.765. The van der Waals surface area contributed by atoms with Gasteiger partial charge in [0.05, 0.1) is 5.54 Å². The average Bonchev–Trinajstić information content (AvgIpc) is 2.94. The van der Waals surface area contributed by atoms with Crippen LogP contribution in [0.25, 0.3) is 0 Å². The van der Waals surface area contributed by atoms with Crippen LogP contribution < -0.4 is 5.32 Å². The van der Waals surface area contributed by atoms with Crippen molar-refractivity contribution in [2.45, 2.75) is 71.9 Å². The Bertz CT molecular complexity index is 496. The maximum Gasteiger partial charge on any atom is 0.273 e. The molecule has 0 radical (unpaired) electrons. The fourth-order valence-corrected chi connectivity index (χ4v) is 2.89. The zero-order valence-electron chi connectivity index (χ0n) is 15.1. The number of carbonyl (C=O) groups excluding carboxylic acids is 1. The summed E-state index contributed by atoms with van der Waals surface area (Å²) in [6.07, 6.45) is 2.80. The molecule has 0 aliphatic carbocycles. The summed E-state index contributed by atoms with van der Waals surface area (Å²) >= 11 is 0. The van der Waals surface area contributed by atoms with E-state index in [9.17, 15) is 4.79 Å². The number of hydrogen-bond donors (Lipinski definition) is 1. The van der Waals surface area contributed by atoms with Crippen LogP contribution in [-0.2, 0) is 6.42 Å². The predicted octanol–water partition coefficient (Wildman–Crippen LogP) is 3.26. The Kier molecular flexibility index (Phi) is 6.17. The number of amides is 1. The summed E-state index contributed by atoms with van der Waals surface area (Å²) in [4.78, 5) is 14.8. The van der Waals surface area contributed by atoms with Crippen LogP contribution in [0.3, 0.4) is 0 Å². The number of likely N-dealkylation sites (N-methyl/N-ethyl adjacent to an activating group) is 1. The molecule has 0 bridgehead atoms. The van der Waals surface area contributed by atoms with Crippen LogP contribution in [0.2, 0.25) is 0 Å². The van der Waals surface area contributed by atoms with E-state index in [1.54, 1.807) is 6.07 Å². The predicted molar refractivity (Wildman–Crippen MR) is 89.0 cm³/mol. The standard InChI is InChI=1S/C17H31N3O2/c1-8-11-17(6,20(7)10-3)16(4,5)18-15(21)14-12-13(9-2)22-19-14/h12H,8-11H2,1-7H3,(H,18,21). The summed E-state index contributed by atoms with van der Waals surface area (Å²) in [7, 11) is 2.11. The molecule has 1 aromatic heterocycles. The van der Waals surface area contributed by atoms with Crippen LogP contribution in [0.5, 0.6) is 0 Å². The lowest BCUT2D eigenvalue weighted by Crippen LogP contribution is -2.66. The van der Waals surface area contributed by atoms with Gasteiger partial charge in [0.2, 0.25) is 0 Å². The first kappa shape index (κ1) is 18.7. The lowest BCUT2D eigenvalue weighted by molar-refractivity contribution is 0.0367. The quantitative estimate of drug-likeness (QED) is 0.801. The minimum atomic E-state index is -0.393. The molecule has 0 aliphatic heterocycles. The molecule has 1 amide bonds. The van der Waals surface area contributed by atoms with Gasteiger partial charge < -0.3 is 9.84 Å². The Morgan fingerprint density at radius 2 is 1.95 bits per heavy atom. The zero-order valence-corrected chi connectivity index (χ0v) is 15.1. The molecule has 5 heteroatoms. The first-order valence-corrected chi connectivity index (χ1v) is 8.21. The van der Waals surface area contributed by atoms with Gasteiger partial charge in [0, 0.05) is 18.0 Å². The van der Waals surface area contributed by atoms with Crippen molar-refractivity contribution in [2.24, 2.45) is 0 Å². The van der Waals surface area contributed by atoms with Crippen LogP contribution in [0, 0.1) is 0 Å². The smallest absolute Gasteiger partial charge is 0.273 e. The second-order valence-electron chi connectivity index (χ2n) is 6.65. The second kappa shape index (κ2) is 7.27. The summed E-state index contributed by atoms with van der Waals surface area (Å²) in [5, 5.41) is 7.01. The zero-order chi connectivity index (χ0) is 17.0. The van der Waals surface area contributed by atoms with Crippen molar-refractivity contribution in [3.63, 3.8) is 0 Å². The van der Waals surface area contributed by atoms with E-state index in [1.165, 1.54) is 0 Å². The molecule has 1 rings (SSSR count). The van der Waals surface area contributed by atoms with Gasteiger partial charge in [0.25, 0.3) is 5.91 Å². The molecule has 1 heterocycles. The van der Waals surface area contributed by atoms with E-state index < -0.39 is 5.54 Å². The van der Waals surface area contributed by atoms with E-state index in [0.717, 1.165) is 31.6 Å². The highest BCUT2D eigenvalue weighted by atomic mass is 16.5. The Morgan fingerprint density at radius 3 is 2.41 bits per heavy atom. The van der Waals surface area contributed by atoms with E-state index >= 15 is 0 Å². The Hall–Kier alpha value is -1.36. The average molecular weight is 309 g/mol.